The van der Waals surface area contributed by atoms with E-state index in [0.29, 0.717) is 5.92 Å². The maximum atomic E-state index is 12.9. The van der Waals surface area contributed by atoms with E-state index in [2.05, 4.69) is 49.4 Å². The topological polar surface area (TPSA) is 20.3 Å². The third kappa shape index (κ3) is 2.66. The second kappa shape index (κ2) is 6.27. The van der Waals surface area contributed by atoms with Gasteiger partial charge in [-0.3, -0.25) is 4.79 Å². The van der Waals surface area contributed by atoms with Crippen LogP contribution >= 0.6 is 0 Å². The number of rotatable bonds is 3. The van der Waals surface area contributed by atoms with E-state index in [9.17, 15) is 4.79 Å². The van der Waals surface area contributed by atoms with Gasteiger partial charge in [0.1, 0.15) is 0 Å². The minimum Gasteiger partial charge on any atom is -0.328 e. The number of amides is 1. The van der Waals surface area contributed by atoms with Gasteiger partial charge in [-0.15, -0.1) is 0 Å². The standard InChI is InChI=1S/C22H23NO/c1-16(17-8-4-2-5-9-17)23-15-20-14-19(12-13-21(20)22(23)24)18-10-6-3-7-11-18/h2-11,16,19H,12-15H2,1H3/t16-,19?/m0/s1. The summed E-state index contributed by atoms with van der Waals surface area (Å²) in [5, 5.41) is 0. The Balaban J connectivity index is 1.52. The summed E-state index contributed by atoms with van der Waals surface area (Å²) in [6, 6.07) is 21.2. The molecule has 122 valence electrons. The molecule has 2 atom stereocenters. The first-order chi connectivity index (χ1) is 11.7. The summed E-state index contributed by atoms with van der Waals surface area (Å²) in [5.74, 6) is 0.817. The van der Waals surface area contributed by atoms with Gasteiger partial charge < -0.3 is 4.90 Å². The van der Waals surface area contributed by atoms with Gasteiger partial charge in [-0.1, -0.05) is 60.7 Å². The molecule has 1 aliphatic heterocycles. The minimum atomic E-state index is 0.138. The lowest BCUT2D eigenvalue weighted by atomic mass is 9.81. The average Bonchev–Trinajstić information content (AvgIpc) is 2.99. The molecular formula is C22H23NO. The highest BCUT2D eigenvalue weighted by Crippen LogP contribution is 2.42. The zero-order valence-corrected chi connectivity index (χ0v) is 14.1. The highest BCUT2D eigenvalue weighted by atomic mass is 16.2. The summed E-state index contributed by atoms with van der Waals surface area (Å²) in [6.45, 7) is 2.94. The van der Waals surface area contributed by atoms with Gasteiger partial charge in [-0.25, -0.2) is 0 Å². The molecule has 0 saturated carbocycles. The Morgan fingerprint density at radius 3 is 2.38 bits per heavy atom. The van der Waals surface area contributed by atoms with E-state index in [-0.39, 0.29) is 11.9 Å². The van der Waals surface area contributed by atoms with Crippen molar-refractivity contribution < 1.29 is 4.79 Å². The van der Waals surface area contributed by atoms with Crippen molar-refractivity contribution in [1.82, 2.24) is 4.90 Å². The van der Waals surface area contributed by atoms with Crippen molar-refractivity contribution in [3.05, 3.63) is 82.9 Å². The molecule has 2 heteroatoms. The molecule has 0 bridgehead atoms. The molecule has 1 amide bonds. The van der Waals surface area contributed by atoms with Crippen LogP contribution < -0.4 is 0 Å². The Morgan fingerprint density at radius 1 is 1.00 bits per heavy atom. The first-order valence-electron chi connectivity index (χ1n) is 8.86. The van der Waals surface area contributed by atoms with E-state index in [1.807, 2.05) is 23.1 Å². The molecule has 1 heterocycles. The summed E-state index contributed by atoms with van der Waals surface area (Å²) < 4.78 is 0. The number of carbonyl (C=O) groups is 1. The highest BCUT2D eigenvalue weighted by molar-refractivity contribution is 5.97. The molecule has 0 N–H and O–H groups in total. The predicted octanol–water partition coefficient (Wildman–Crippen LogP) is 4.85. The van der Waals surface area contributed by atoms with Crippen molar-refractivity contribution >= 4 is 5.91 Å². The smallest absolute Gasteiger partial charge is 0.250 e. The van der Waals surface area contributed by atoms with Crippen molar-refractivity contribution in [1.29, 1.82) is 0 Å². The zero-order valence-electron chi connectivity index (χ0n) is 14.1. The number of nitrogens with zero attached hydrogens (tertiary/aromatic N) is 1. The van der Waals surface area contributed by atoms with Crippen LogP contribution in [0.3, 0.4) is 0 Å². The number of carbonyl (C=O) groups excluding carboxylic acids is 1. The maximum absolute atomic E-state index is 12.9. The molecule has 0 radical (unpaired) electrons. The molecule has 0 saturated heterocycles. The first-order valence-corrected chi connectivity index (χ1v) is 8.86. The van der Waals surface area contributed by atoms with Gasteiger partial charge in [-0.2, -0.15) is 0 Å². The Kier molecular flexibility index (Phi) is 3.97. The SMILES string of the molecule is C[C@@H](c1ccccc1)N1CC2=C(CCC(c3ccccc3)C2)C1=O. The van der Waals surface area contributed by atoms with E-state index >= 15 is 0 Å². The second-order valence-corrected chi connectivity index (χ2v) is 6.95. The quantitative estimate of drug-likeness (QED) is 0.792. The van der Waals surface area contributed by atoms with Crippen LogP contribution in [0, 0.1) is 0 Å². The molecule has 2 aliphatic rings. The van der Waals surface area contributed by atoms with Crippen LogP contribution in [0.2, 0.25) is 0 Å². The third-order valence-corrected chi connectivity index (χ3v) is 5.56. The lowest BCUT2D eigenvalue weighted by Crippen LogP contribution is -2.30. The van der Waals surface area contributed by atoms with Crippen LogP contribution in [0.25, 0.3) is 0 Å². The largest absolute Gasteiger partial charge is 0.328 e. The Bertz CT molecular complexity index is 763. The van der Waals surface area contributed by atoms with Crippen LogP contribution in [0.4, 0.5) is 0 Å². The van der Waals surface area contributed by atoms with Crippen LogP contribution in [0.5, 0.6) is 0 Å². The van der Waals surface area contributed by atoms with E-state index in [0.717, 1.165) is 31.4 Å². The average molecular weight is 317 g/mol. The second-order valence-electron chi connectivity index (χ2n) is 6.95. The minimum absolute atomic E-state index is 0.138. The van der Waals surface area contributed by atoms with E-state index in [1.54, 1.807) is 0 Å². The molecule has 24 heavy (non-hydrogen) atoms. The molecule has 1 aliphatic carbocycles. The van der Waals surface area contributed by atoms with Crippen LogP contribution in [-0.2, 0) is 4.79 Å². The van der Waals surface area contributed by atoms with Crippen molar-refractivity contribution in [3.8, 4) is 0 Å². The normalized spacial score (nSPS) is 21.8. The van der Waals surface area contributed by atoms with E-state index in [1.165, 1.54) is 16.7 Å². The van der Waals surface area contributed by atoms with Gasteiger partial charge in [0.2, 0.25) is 0 Å². The molecule has 0 spiro atoms. The van der Waals surface area contributed by atoms with Crippen molar-refractivity contribution in [3.63, 3.8) is 0 Å². The number of hydrogen-bond donors (Lipinski definition) is 0. The molecule has 2 aromatic carbocycles. The Hall–Kier alpha value is -2.35. The molecule has 0 fully saturated rings. The number of benzene rings is 2. The summed E-state index contributed by atoms with van der Waals surface area (Å²) in [6.07, 6.45) is 3.04. The van der Waals surface area contributed by atoms with Crippen LogP contribution in [0.15, 0.2) is 71.8 Å². The fourth-order valence-corrected chi connectivity index (χ4v) is 4.12. The van der Waals surface area contributed by atoms with E-state index < -0.39 is 0 Å². The Morgan fingerprint density at radius 2 is 1.67 bits per heavy atom. The first kappa shape index (κ1) is 15.2. The third-order valence-electron chi connectivity index (χ3n) is 5.56. The van der Waals surface area contributed by atoms with Crippen LogP contribution in [-0.4, -0.2) is 17.4 Å². The fraction of sp³-hybridized carbons (Fsp3) is 0.318. The molecule has 4 rings (SSSR count). The van der Waals surface area contributed by atoms with Gasteiger partial charge in [0.05, 0.1) is 6.04 Å². The zero-order chi connectivity index (χ0) is 16.5. The van der Waals surface area contributed by atoms with Crippen LogP contribution in [0.1, 0.15) is 49.3 Å². The lowest BCUT2D eigenvalue weighted by molar-refractivity contribution is -0.127. The summed E-state index contributed by atoms with van der Waals surface area (Å²) >= 11 is 0. The summed E-state index contributed by atoms with van der Waals surface area (Å²) in [5.41, 5.74) is 5.07. The van der Waals surface area contributed by atoms with Gasteiger partial charge >= 0.3 is 0 Å². The highest BCUT2D eigenvalue weighted by Gasteiger charge is 2.36. The predicted molar refractivity (Wildman–Crippen MR) is 96.6 cm³/mol. The monoisotopic (exact) mass is 317 g/mol. The van der Waals surface area contributed by atoms with Crippen molar-refractivity contribution in [2.45, 2.75) is 38.1 Å². The van der Waals surface area contributed by atoms with Gasteiger partial charge in [0.15, 0.2) is 0 Å². The maximum Gasteiger partial charge on any atom is 0.250 e. The van der Waals surface area contributed by atoms with Gasteiger partial charge in [0.25, 0.3) is 5.91 Å². The molecule has 2 aromatic rings. The fourth-order valence-electron chi connectivity index (χ4n) is 4.12. The van der Waals surface area contributed by atoms with Gasteiger partial charge in [-0.05, 0) is 48.8 Å². The number of hydrogen-bond acceptors (Lipinski definition) is 1. The summed E-state index contributed by atoms with van der Waals surface area (Å²) in [7, 11) is 0. The molecule has 2 nitrogen and oxygen atoms in total. The lowest BCUT2D eigenvalue weighted by Gasteiger charge is -2.25. The summed E-state index contributed by atoms with van der Waals surface area (Å²) in [4.78, 5) is 14.9. The van der Waals surface area contributed by atoms with Gasteiger partial charge in [0, 0.05) is 12.1 Å². The molecular weight excluding hydrogens is 294 g/mol. The Labute approximate surface area is 143 Å². The van der Waals surface area contributed by atoms with E-state index in [4.69, 9.17) is 0 Å². The molecule has 1 unspecified atom stereocenters. The van der Waals surface area contributed by atoms with Crippen molar-refractivity contribution in [2.75, 3.05) is 6.54 Å². The van der Waals surface area contributed by atoms with Crippen molar-refractivity contribution in [2.24, 2.45) is 0 Å². The molecule has 0 aromatic heterocycles.